The normalized spacial score (nSPS) is 12.2. The number of nitrogens with zero attached hydrogens (tertiary/aromatic N) is 2. The Kier molecular flexibility index (Phi) is 10.8. The van der Waals surface area contributed by atoms with E-state index in [1.54, 1.807) is 51.1 Å². The van der Waals surface area contributed by atoms with Crippen LogP contribution in [-0.2, 0) is 26.2 Å². The molecule has 0 radical (unpaired) electrons. The highest BCUT2D eigenvalue weighted by Gasteiger charge is 2.33. The minimum Gasteiger partial charge on any atom is -0.352 e. The number of nitrogens with one attached hydrogen (secondary N) is 1. The fraction of sp³-hybridized carbons (Fsp3) is 0.286. The summed E-state index contributed by atoms with van der Waals surface area (Å²) in [6.07, 6.45) is 0. The molecule has 40 heavy (non-hydrogen) atoms. The Balaban J connectivity index is 2.08. The van der Waals surface area contributed by atoms with Crippen molar-refractivity contribution in [3.8, 4) is 0 Å². The van der Waals surface area contributed by atoms with Gasteiger partial charge in [0.1, 0.15) is 12.6 Å². The number of carbonyl (C=O) groups is 2. The van der Waals surface area contributed by atoms with Crippen molar-refractivity contribution < 1.29 is 18.0 Å². The van der Waals surface area contributed by atoms with E-state index in [1.807, 2.05) is 6.92 Å². The summed E-state index contributed by atoms with van der Waals surface area (Å²) >= 11 is 24.7. The van der Waals surface area contributed by atoms with Crippen LogP contribution in [0.4, 0.5) is 5.69 Å². The summed E-state index contributed by atoms with van der Waals surface area (Å²) in [6, 6.07) is 14.2. The summed E-state index contributed by atoms with van der Waals surface area (Å²) in [5, 5.41) is 3.80. The van der Waals surface area contributed by atoms with Crippen LogP contribution in [0.3, 0.4) is 0 Å². The predicted molar refractivity (Wildman–Crippen MR) is 162 cm³/mol. The zero-order valence-electron chi connectivity index (χ0n) is 22.3. The first-order chi connectivity index (χ1) is 18.7. The van der Waals surface area contributed by atoms with Gasteiger partial charge in [-0.2, -0.15) is 0 Å². The van der Waals surface area contributed by atoms with Gasteiger partial charge in [0.15, 0.2) is 0 Å². The lowest BCUT2D eigenvalue weighted by Gasteiger charge is -2.32. The average molecular weight is 645 g/mol. The number of hydrogen-bond donors (Lipinski definition) is 1. The molecule has 3 aromatic carbocycles. The molecule has 0 aliphatic carbocycles. The van der Waals surface area contributed by atoms with E-state index in [0.29, 0.717) is 10.6 Å². The van der Waals surface area contributed by atoms with Crippen molar-refractivity contribution in [1.29, 1.82) is 0 Å². The van der Waals surface area contributed by atoms with Gasteiger partial charge in [-0.15, -0.1) is 0 Å². The van der Waals surface area contributed by atoms with Gasteiger partial charge in [0.2, 0.25) is 11.8 Å². The van der Waals surface area contributed by atoms with Gasteiger partial charge in [-0.25, -0.2) is 8.42 Å². The van der Waals surface area contributed by atoms with Crippen LogP contribution in [0.15, 0.2) is 65.6 Å². The molecule has 0 aromatic heterocycles. The monoisotopic (exact) mass is 643 g/mol. The van der Waals surface area contributed by atoms with Crippen LogP contribution in [0.25, 0.3) is 0 Å². The van der Waals surface area contributed by atoms with Gasteiger partial charge in [0.05, 0.1) is 20.6 Å². The number of benzene rings is 3. The summed E-state index contributed by atoms with van der Waals surface area (Å²) in [7, 11) is -4.25. The van der Waals surface area contributed by atoms with Crippen LogP contribution >= 0.6 is 46.4 Å². The molecule has 7 nitrogen and oxygen atoms in total. The molecule has 0 fully saturated rings. The fourth-order valence-electron chi connectivity index (χ4n) is 3.87. The van der Waals surface area contributed by atoms with Gasteiger partial charge in [0, 0.05) is 22.6 Å². The number of sulfonamides is 1. The van der Waals surface area contributed by atoms with Crippen LogP contribution in [0.1, 0.15) is 31.9 Å². The molecule has 0 aliphatic rings. The highest BCUT2D eigenvalue weighted by Crippen LogP contribution is 2.30. The molecule has 12 heteroatoms. The Labute approximate surface area is 255 Å². The van der Waals surface area contributed by atoms with Crippen molar-refractivity contribution in [3.63, 3.8) is 0 Å². The first-order valence-electron chi connectivity index (χ1n) is 12.3. The first kappa shape index (κ1) is 32.0. The van der Waals surface area contributed by atoms with Crippen molar-refractivity contribution in [2.75, 3.05) is 10.8 Å². The minimum atomic E-state index is -4.25. The predicted octanol–water partition coefficient (Wildman–Crippen LogP) is 6.75. The second-order valence-corrected chi connectivity index (χ2v) is 13.1. The lowest BCUT2D eigenvalue weighted by molar-refractivity contribution is -0.139. The Morgan fingerprint density at radius 2 is 1.45 bits per heavy atom. The van der Waals surface area contributed by atoms with E-state index in [2.05, 4.69) is 5.32 Å². The molecule has 2 amide bonds. The van der Waals surface area contributed by atoms with E-state index in [9.17, 15) is 18.0 Å². The van der Waals surface area contributed by atoms with E-state index < -0.39 is 34.4 Å². The van der Waals surface area contributed by atoms with Crippen molar-refractivity contribution in [2.45, 2.75) is 51.2 Å². The van der Waals surface area contributed by atoms with Crippen molar-refractivity contribution >= 4 is 73.9 Å². The molecule has 0 spiro atoms. The van der Waals surface area contributed by atoms with Crippen LogP contribution in [-0.4, -0.2) is 43.8 Å². The van der Waals surface area contributed by atoms with Gasteiger partial charge in [-0.3, -0.25) is 13.9 Å². The van der Waals surface area contributed by atoms with Crippen molar-refractivity contribution in [1.82, 2.24) is 10.2 Å². The molecule has 3 aromatic rings. The van der Waals surface area contributed by atoms with Crippen LogP contribution in [0, 0.1) is 6.92 Å². The Bertz CT molecular complexity index is 1480. The molecule has 0 heterocycles. The number of rotatable bonds is 10. The van der Waals surface area contributed by atoms with Crippen molar-refractivity contribution in [3.05, 3.63) is 91.9 Å². The highest BCUT2D eigenvalue weighted by molar-refractivity contribution is 7.92. The molecular formula is C28H29Cl4N3O4S. The van der Waals surface area contributed by atoms with E-state index in [0.717, 1.165) is 9.87 Å². The quantitative estimate of drug-likeness (QED) is 0.265. The SMILES string of the molecule is Cc1ccc(S(=O)(=O)N(CC(=O)N(Cc2ccc(Cl)c(Cl)c2)[C@H](C)C(=O)NC(C)C)c2cc(Cl)cc(Cl)c2)cc1. The lowest BCUT2D eigenvalue weighted by atomic mass is 10.1. The molecule has 0 saturated carbocycles. The van der Waals surface area contributed by atoms with Gasteiger partial charge in [-0.1, -0.05) is 70.2 Å². The summed E-state index contributed by atoms with van der Waals surface area (Å²) in [5.41, 5.74) is 1.57. The molecule has 0 saturated heterocycles. The van der Waals surface area contributed by atoms with Gasteiger partial charge >= 0.3 is 0 Å². The van der Waals surface area contributed by atoms with Crippen molar-refractivity contribution in [2.24, 2.45) is 0 Å². The van der Waals surface area contributed by atoms with Gasteiger partial charge < -0.3 is 10.2 Å². The fourth-order valence-corrected chi connectivity index (χ4v) is 6.10. The third kappa shape index (κ3) is 8.04. The number of anilines is 1. The highest BCUT2D eigenvalue weighted by atomic mass is 35.5. The molecule has 1 atom stereocenters. The first-order valence-corrected chi connectivity index (χ1v) is 15.2. The number of carbonyl (C=O) groups excluding carboxylic acids is 2. The average Bonchev–Trinajstić information content (AvgIpc) is 2.86. The third-order valence-corrected chi connectivity index (χ3v) is 8.92. The zero-order chi connectivity index (χ0) is 29.8. The molecule has 3 rings (SSSR count). The van der Waals surface area contributed by atoms with Gasteiger partial charge in [-0.05, 0) is 75.7 Å². The summed E-state index contributed by atoms with van der Waals surface area (Å²) in [6.45, 7) is 6.34. The number of aryl methyl sites for hydroxylation is 1. The van der Waals surface area contributed by atoms with Gasteiger partial charge in [0.25, 0.3) is 10.0 Å². The number of halogens is 4. The van der Waals surface area contributed by atoms with E-state index in [1.165, 1.54) is 35.2 Å². The molecular weight excluding hydrogens is 616 g/mol. The topological polar surface area (TPSA) is 86.8 Å². The lowest BCUT2D eigenvalue weighted by Crippen LogP contribution is -2.52. The largest absolute Gasteiger partial charge is 0.352 e. The zero-order valence-corrected chi connectivity index (χ0v) is 26.1. The molecule has 214 valence electrons. The maximum absolute atomic E-state index is 13.9. The molecule has 0 aliphatic heterocycles. The third-order valence-electron chi connectivity index (χ3n) is 5.96. The van der Waals surface area contributed by atoms with Crippen LogP contribution < -0.4 is 9.62 Å². The molecule has 1 N–H and O–H groups in total. The summed E-state index contributed by atoms with van der Waals surface area (Å²) < 4.78 is 28.7. The smallest absolute Gasteiger partial charge is 0.264 e. The summed E-state index contributed by atoms with van der Waals surface area (Å²) in [5.74, 6) is -1.04. The maximum atomic E-state index is 13.9. The number of amides is 2. The Morgan fingerprint density at radius 1 is 0.850 bits per heavy atom. The van der Waals surface area contributed by atoms with E-state index in [4.69, 9.17) is 46.4 Å². The standard InChI is InChI=1S/C28H29Cl4N3O4S/c1-17(2)33-28(37)19(4)34(15-20-7-10-25(31)26(32)11-20)27(36)16-35(23-13-21(29)12-22(30)14-23)40(38,39)24-8-5-18(3)6-9-24/h5-14,17,19H,15-16H2,1-4H3,(H,33,37)/t19-/m1/s1. The Morgan fingerprint density at radius 3 is 2.00 bits per heavy atom. The minimum absolute atomic E-state index is 0.0244. The molecule has 0 unspecified atom stereocenters. The summed E-state index contributed by atoms with van der Waals surface area (Å²) in [4.78, 5) is 28.2. The van der Waals surface area contributed by atoms with Crippen LogP contribution in [0.2, 0.25) is 20.1 Å². The van der Waals surface area contributed by atoms with E-state index >= 15 is 0 Å². The maximum Gasteiger partial charge on any atom is 0.264 e. The molecule has 0 bridgehead atoms. The second-order valence-electron chi connectivity index (χ2n) is 9.56. The Hall–Kier alpha value is -2.49. The van der Waals surface area contributed by atoms with Crippen LogP contribution in [0.5, 0.6) is 0 Å². The second kappa shape index (κ2) is 13.4. The number of hydrogen-bond acceptors (Lipinski definition) is 4. The van der Waals surface area contributed by atoms with E-state index in [-0.39, 0.29) is 38.2 Å².